The number of hydrogen-bond acceptors (Lipinski definition) is 2. The van der Waals surface area contributed by atoms with Crippen molar-refractivity contribution in [1.82, 2.24) is 5.32 Å². The van der Waals surface area contributed by atoms with Gasteiger partial charge in [-0.2, -0.15) is 0 Å². The maximum absolute atomic E-state index is 12.8. The van der Waals surface area contributed by atoms with Crippen LogP contribution < -0.4 is 16.4 Å². The Morgan fingerprint density at radius 1 is 1.56 bits per heavy atom. The predicted octanol–water partition coefficient (Wildman–Crippen LogP) is 1.54. The number of nitrogens with two attached hydrogens (primary N) is 1. The van der Waals surface area contributed by atoms with Gasteiger partial charge in [-0.3, -0.25) is 0 Å². The summed E-state index contributed by atoms with van der Waals surface area (Å²) in [6, 6.07) is 5.37. The van der Waals surface area contributed by atoms with Gasteiger partial charge >= 0.3 is 6.03 Å². The Labute approximate surface area is 94.0 Å². The number of nitrogens with one attached hydrogen (secondary N) is 2. The predicted molar refractivity (Wildman–Crippen MR) is 61.6 cm³/mol. The summed E-state index contributed by atoms with van der Waals surface area (Å²) in [7, 11) is 0. The number of benzene rings is 1. The number of anilines is 1. The molecule has 0 spiro atoms. The maximum Gasteiger partial charge on any atom is 0.319 e. The van der Waals surface area contributed by atoms with Crippen LogP contribution in [0.15, 0.2) is 24.3 Å². The molecule has 1 rings (SSSR count). The molecule has 2 amide bonds. The molecule has 0 fully saturated rings. The lowest BCUT2D eigenvalue weighted by molar-refractivity contribution is 0.250. The molecular formula is C11H16FN3O. The van der Waals surface area contributed by atoms with Crippen LogP contribution in [-0.4, -0.2) is 19.1 Å². The summed E-state index contributed by atoms with van der Waals surface area (Å²) >= 11 is 0. The first kappa shape index (κ1) is 12.4. The van der Waals surface area contributed by atoms with E-state index < -0.39 is 0 Å². The number of urea groups is 1. The SMILES string of the molecule is CC(CN)CNC(=O)Nc1cccc(F)c1. The van der Waals surface area contributed by atoms with E-state index in [4.69, 9.17) is 5.73 Å². The molecule has 4 N–H and O–H groups in total. The van der Waals surface area contributed by atoms with Crippen molar-refractivity contribution in [3.05, 3.63) is 30.1 Å². The topological polar surface area (TPSA) is 67.1 Å². The van der Waals surface area contributed by atoms with Gasteiger partial charge < -0.3 is 16.4 Å². The van der Waals surface area contributed by atoms with Crippen molar-refractivity contribution >= 4 is 11.7 Å². The van der Waals surface area contributed by atoms with E-state index in [1.54, 1.807) is 6.07 Å². The van der Waals surface area contributed by atoms with Gasteiger partial charge in [0.25, 0.3) is 0 Å². The van der Waals surface area contributed by atoms with Crippen molar-refractivity contribution in [3.63, 3.8) is 0 Å². The molecule has 0 aliphatic heterocycles. The Morgan fingerprint density at radius 2 is 2.31 bits per heavy atom. The average Bonchev–Trinajstić information content (AvgIpc) is 2.26. The third kappa shape index (κ3) is 4.27. The van der Waals surface area contributed by atoms with Crippen molar-refractivity contribution in [2.45, 2.75) is 6.92 Å². The zero-order valence-electron chi connectivity index (χ0n) is 9.16. The smallest absolute Gasteiger partial charge is 0.319 e. The van der Waals surface area contributed by atoms with Gasteiger partial charge in [0.05, 0.1) is 0 Å². The molecule has 0 saturated carbocycles. The van der Waals surface area contributed by atoms with E-state index in [-0.39, 0.29) is 17.8 Å². The van der Waals surface area contributed by atoms with Crippen molar-refractivity contribution in [2.75, 3.05) is 18.4 Å². The van der Waals surface area contributed by atoms with Crippen LogP contribution in [0.4, 0.5) is 14.9 Å². The maximum atomic E-state index is 12.8. The zero-order valence-corrected chi connectivity index (χ0v) is 9.16. The van der Waals surface area contributed by atoms with Crippen LogP contribution >= 0.6 is 0 Å². The highest BCUT2D eigenvalue weighted by molar-refractivity contribution is 5.89. The van der Waals surface area contributed by atoms with Gasteiger partial charge in [-0.15, -0.1) is 0 Å². The van der Waals surface area contributed by atoms with Gasteiger partial charge in [0.15, 0.2) is 0 Å². The Bertz CT molecular complexity index is 357. The summed E-state index contributed by atoms with van der Waals surface area (Å²) < 4.78 is 12.8. The van der Waals surface area contributed by atoms with E-state index in [0.29, 0.717) is 18.8 Å². The first-order valence-corrected chi connectivity index (χ1v) is 5.12. The minimum Gasteiger partial charge on any atom is -0.338 e. The van der Waals surface area contributed by atoms with Gasteiger partial charge in [-0.1, -0.05) is 13.0 Å². The number of rotatable bonds is 4. The molecule has 88 valence electrons. The number of halogens is 1. The van der Waals surface area contributed by atoms with Crippen LogP contribution in [0.25, 0.3) is 0 Å². The molecule has 0 aliphatic rings. The first-order valence-electron chi connectivity index (χ1n) is 5.12. The van der Waals surface area contributed by atoms with E-state index in [0.717, 1.165) is 0 Å². The minimum absolute atomic E-state index is 0.221. The standard InChI is InChI=1S/C11H16FN3O/c1-8(6-13)7-14-11(16)15-10-4-2-3-9(12)5-10/h2-5,8H,6-7,13H2,1H3,(H2,14,15,16). The highest BCUT2D eigenvalue weighted by atomic mass is 19.1. The molecule has 16 heavy (non-hydrogen) atoms. The van der Waals surface area contributed by atoms with Crippen molar-refractivity contribution in [3.8, 4) is 0 Å². The fraction of sp³-hybridized carbons (Fsp3) is 0.364. The molecule has 1 atom stereocenters. The van der Waals surface area contributed by atoms with Gasteiger partial charge in [-0.25, -0.2) is 9.18 Å². The number of hydrogen-bond donors (Lipinski definition) is 3. The summed E-state index contributed by atoms with van der Waals surface area (Å²) in [5.41, 5.74) is 5.84. The molecule has 0 heterocycles. The summed E-state index contributed by atoms with van der Waals surface area (Å²) in [5, 5.41) is 5.18. The Kier molecular flexibility index (Phi) is 4.72. The molecule has 0 saturated heterocycles. The first-order chi connectivity index (χ1) is 7.61. The highest BCUT2D eigenvalue weighted by Gasteiger charge is 2.04. The highest BCUT2D eigenvalue weighted by Crippen LogP contribution is 2.08. The average molecular weight is 225 g/mol. The molecule has 5 heteroatoms. The molecule has 0 bridgehead atoms. The normalized spacial score (nSPS) is 11.9. The van der Waals surface area contributed by atoms with E-state index in [1.165, 1.54) is 18.2 Å². The van der Waals surface area contributed by atoms with Crippen LogP contribution in [0.5, 0.6) is 0 Å². The fourth-order valence-electron chi connectivity index (χ4n) is 1.09. The second-order valence-electron chi connectivity index (χ2n) is 3.69. The van der Waals surface area contributed by atoms with Gasteiger partial charge in [0.1, 0.15) is 5.82 Å². The van der Waals surface area contributed by atoms with Gasteiger partial charge in [0.2, 0.25) is 0 Å². The monoisotopic (exact) mass is 225 g/mol. The van der Waals surface area contributed by atoms with E-state index in [2.05, 4.69) is 10.6 Å². The quantitative estimate of drug-likeness (QED) is 0.727. The summed E-state index contributed by atoms with van der Waals surface area (Å²) in [5.74, 6) is -0.161. The van der Waals surface area contributed by atoms with Crippen LogP contribution in [0.1, 0.15) is 6.92 Å². The van der Waals surface area contributed by atoms with Crippen molar-refractivity contribution in [2.24, 2.45) is 11.7 Å². The summed E-state index contributed by atoms with van der Waals surface area (Å²) in [6.45, 7) is 2.94. The molecule has 0 radical (unpaired) electrons. The molecule has 1 unspecified atom stereocenters. The second kappa shape index (κ2) is 6.07. The second-order valence-corrected chi connectivity index (χ2v) is 3.69. The van der Waals surface area contributed by atoms with Gasteiger partial charge in [-0.05, 0) is 30.7 Å². The van der Waals surface area contributed by atoms with E-state index >= 15 is 0 Å². The number of amides is 2. The molecule has 0 aromatic heterocycles. The minimum atomic E-state index is -0.381. The lowest BCUT2D eigenvalue weighted by Crippen LogP contribution is -2.34. The van der Waals surface area contributed by atoms with Crippen LogP contribution in [0.2, 0.25) is 0 Å². The number of carbonyl (C=O) groups excluding carboxylic acids is 1. The Hall–Kier alpha value is -1.62. The Balaban J connectivity index is 2.40. The van der Waals surface area contributed by atoms with Crippen LogP contribution in [0, 0.1) is 11.7 Å². The zero-order chi connectivity index (χ0) is 12.0. The molecular weight excluding hydrogens is 209 g/mol. The lowest BCUT2D eigenvalue weighted by Gasteiger charge is -2.11. The van der Waals surface area contributed by atoms with Gasteiger partial charge in [0, 0.05) is 12.2 Å². The van der Waals surface area contributed by atoms with Crippen LogP contribution in [0.3, 0.4) is 0 Å². The molecule has 4 nitrogen and oxygen atoms in total. The van der Waals surface area contributed by atoms with Crippen LogP contribution in [-0.2, 0) is 0 Å². The van der Waals surface area contributed by atoms with Crippen molar-refractivity contribution in [1.29, 1.82) is 0 Å². The molecule has 1 aromatic carbocycles. The third-order valence-corrected chi connectivity index (χ3v) is 2.10. The summed E-state index contributed by atoms with van der Waals surface area (Å²) in [6.07, 6.45) is 0. The Morgan fingerprint density at radius 3 is 2.94 bits per heavy atom. The number of carbonyl (C=O) groups is 1. The van der Waals surface area contributed by atoms with E-state index in [1.807, 2.05) is 6.92 Å². The van der Waals surface area contributed by atoms with Crippen molar-refractivity contribution < 1.29 is 9.18 Å². The lowest BCUT2D eigenvalue weighted by atomic mass is 10.2. The molecule has 1 aromatic rings. The fourth-order valence-corrected chi connectivity index (χ4v) is 1.09. The largest absolute Gasteiger partial charge is 0.338 e. The summed E-state index contributed by atoms with van der Waals surface area (Å²) in [4.78, 5) is 11.4. The van der Waals surface area contributed by atoms with E-state index in [9.17, 15) is 9.18 Å². The third-order valence-electron chi connectivity index (χ3n) is 2.10. The molecule has 0 aliphatic carbocycles.